The lowest BCUT2D eigenvalue weighted by Crippen LogP contribution is -2.76. The van der Waals surface area contributed by atoms with Crippen molar-refractivity contribution in [1.29, 1.82) is 0 Å². The Balaban J connectivity index is 1.99. The van der Waals surface area contributed by atoms with Crippen LogP contribution in [-0.2, 0) is 28.7 Å². The second-order valence-corrected chi connectivity index (χ2v) is 14.3. The van der Waals surface area contributed by atoms with Gasteiger partial charge in [-0.15, -0.1) is 0 Å². The van der Waals surface area contributed by atoms with E-state index in [-0.39, 0.29) is 24.0 Å². The summed E-state index contributed by atoms with van der Waals surface area (Å²) in [6.07, 6.45) is -2.62. The largest absolute Gasteiger partial charge is 0.478 e. The molecule has 0 aliphatic heterocycles. The van der Waals surface area contributed by atoms with Crippen molar-refractivity contribution in [3.8, 4) is 0 Å². The first-order valence-electron chi connectivity index (χ1n) is 15.4. The number of carbonyl (C=O) groups excluding carboxylic acids is 3. The highest BCUT2D eigenvalue weighted by Crippen LogP contribution is 2.74. The molecule has 4 aliphatic carbocycles. The van der Waals surface area contributed by atoms with Crippen LogP contribution in [0, 0.1) is 39.9 Å². The van der Waals surface area contributed by atoms with Gasteiger partial charge in [-0.1, -0.05) is 39.3 Å². The summed E-state index contributed by atoms with van der Waals surface area (Å²) < 4.78 is 11.6. The van der Waals surface area contributed by atoms with Crippen molar-refractivity contribution in [2.24, 2.45) is 39.9 Å². The Bertz CT molecular complexity index is 1250. The Morgan fingerprint density at radius 1 is 1.00 bits per heavy atom. The Kier molecular flexibility index (Phi) is 8.85. The molecule has 240 valence electrons. The average Bonchev–Trinajstić information content (AvgIpc) is 3.18. The molecule has 0 aromatic carbocycles. The number of allylic oxidation sites excluding steroid dienone is 2. The number of aliphatic hydroxyl groups is 3. The molecule has 4 N–H and O–H groups in total. The number of esters is 2. The topological polar surface area (TPSA) is 168 Å². The molecule has 43 heavy (non-hydrogen) atoms. The van der Waals surface area contributed by atoms with E-state index in [4.69, 9.17) is 9.47 Å². The molecule has 0 saturated heterocycles. The van der Waals surface area contributed by atoms with Gasteiger partial charge in [-0.3, -0.25) is 14.4 Å². The maximum absolute atomic E-state index is 14.5. The van der Waals surface area contributed by atoms with Gasteiger partial charge >= 0.3 is 17.9 Å². The van der Waals surface area contributed by atoms with Crippen LogP contribution in [-0.4, -0.2) is 74.6 Å². The molecule has 0 heterocycles. The monoisotopic (exact) mass is 604 g/mol. The van der Waals surface area contributed by atoms with Gasteiger partial charge in [0.1, 0.15) is 18.3 Å². The first-order chi connectivity index (χ1) is 19.8. The minimum Gasteiger partial charge on any atom is -0.478 e. The van der Waals surface area contributed by atoms with Crippen LogP contribution in [0.5, 0.6) is 0 Å². The molecule has 0 bridgehead atoms. The van der Waals surface area contributed by atoms with E-state index >= 15 is 0 Å². The maximum Gasteiger partial charge on any atom is 0.331 e. The van der Waals surface area contributed by atoms with Crippen LogP contribution >= 0.6 is 0 Å². The number of fused-ring (bicyclic) bond motifs is 5. The van der Waals surface area contributed by atoms with Crippen molar-refractivity contribution in [3.63, 3.8) is 0 Å². The van der Waals surface area contributed by atoms with Crippen LogP contribution in [0.1, 0.15) is 87.5 Å². The summed E-state index contributed by atoms with van der Waals surface area (Å²) in [4.78, 5) is 52.0. The molecular formula is C33H48O10. The van der Waals surface area contributed by atoms with Crippen LogP contribution in [0.4, 0.5) is 0 Å². The van der Waals surface area contributed by atoms with Gasteiger partial charge in [0.2, 0.25) is 0 Å². The second kappa shape index (κ2) is 11.4. The summed E-state index contributed by atoms with van der Waals surface area (Å²) in [6.45, 7) is 13.6. The number of carboxylic acid groups (broad SMARTS) is 1. The lowest BCUT2D eigenvalue weighted by molar-refractivity contribution is -0.284. The number of hydrogen-bond acceptors (Lipinski definition) is 9. The molecule has 4 fully saturated rings. The Morgan fingerprint density at radius 3 is 2.14 bits per heavy atom. The van der Waals surface area contributed by atoms with Crippen molar-refractivity contribution in [2.75, 3.05) is 0 Å². The fourth-order valence-corrected chi connectivity index (χ4v) is 9.89. The van der Waals surface area contributed by atoms with Crippen LogP contribution in [0.25, 0.3) is 0 Å². The molecule has 0 aromatic heterocycles. The van der Waals surface area contributed by atoms with Crippen molar-refractivity contribution in [2.45, 2.75) is 118 Å². The zero-order valence-electron chi connectivity index (χ0n) is 26.5. The highest BCUT2D eigenvalue weighted by Gasteiger charge is 2.78. The van der Waals surface area contributed by atoms with Gasteiger partial charge in [-0.05, 0) is 68.3 Å². The third kappa shape index (κ3) is 4.97. The fraction of sp³-hybridized carbons (Fsp3) is 0.758. The van der Waals surface area contributed by atoms with Crippen LogP contribution < -0.4 is 0 Å². The molecule has 10 heteroatoms. The summed E-state index contributed by atoms with van der Waals surface area (Å²) in [5.41, 5.74) is -2.17. The lowest BCUT2D eigenvalue weighted by atomic mass is 9.35. The predicted octanol–water partition coefficient (Wildman–Crippen LogP) is 3.36. The van der Waals surface area contributed by atoms with Crippen molar-refractivity contribution in [1.82, 2.24) is 0 Å². The number of aliphatic hydroxyl groups excluding tert-OH is 3. The first kappa shape index (κ1) is 33.3. The molecule has 0 spiro atoms. The number of rotatable bonds is 6. The highest BCUT2D eigenvalue weighted by atomic mass is 16.6. The minimum atomic E-state index is -1.62. The van der Waals surface area contributed by atoms with E-state index in [0.29, 0.717) is 19.3 Å². The average molecular weight is 605 g/mol. The number of hydrogen-bond donors (Lipinski definition) is 4. The van der Waals surface area contributed by atoms with Crippen molar-refractivity contribution >= 4 is 23.7 Å². The van der Waals surface area contributed by atoms with Gasteiger partial charge in [0.25, 0.3) is 0 Å². The van der Waals surface area contributed by atoms with E-state index in [9.17, 15) is 39.6 Å². The highest BCUT2D eigenvalue weighted by molar-refractivity contribution is 5.92. The van der Waals surface area contributed by atoms with E-state index in [1.807, 2.05) is 40.7 Å². The normalized spacial score (nSPS) is 44.8. The van der Waals surface area contributed by atoms with Crippen LogP contribution in [0.15, 0.2) is 22.8 Å². The summed E-state index contributed by atoms with van der Waals surface area (Å²) >= 11 is 0. The third-order valence-electron chi connectivity index (χ3n) is 11.7. The Labute approximate surface area is 253 Å². The van der Waals surface area contributed by atoms with Crippen LogP contribution in [0.3, 0.4) is 0 Å². The first-order valence-corrected chi connectivity index (χ1v) is 15.4. The molecule has 0 amide bonds. The molecule has 0 aromatic rings. The number of carboxylic acids is 1. The summed E-state index contributed by atoms with van der Waals surface area (Å²) in [6, 6.07) is 0. The Morgan fingerprint density at radius 2 is 1.60 bits per heavy atom. The van der Waals surface area contributed by atoms with E-state index in [2.05, 4.69) is 0 Å². The molecule has 4 aliphatic rings. The zero-order valence-corrected chi connectivity index (χ0v) is 26.5. The van der Waals surface area contributed by atoms with E-state index < -0.39 is 94.1 Å². The lowest BCUT2D eigenvalue weighted by Gasteiger charge is -2.70. The van der Waals surface area contributed by atoms with Crippen molar-refractivity contribution < 1.29 is 49.1 Å². The van der Waals surface area contributed by atoms with E-state index in [1.54, 1.807) is 6.92 Å². The maximum atomic E-state index is 14.5. The van der Waals surface area contributed by atoms with Gasteiger partial charge in [-0.25, -0.2) is 4.79 Å². The minimum absolute atomic E-state index is 0.0216. The number of carbonyl (C=O) groups is 4. The van der Waals surface area contributed by atoms with Gasteiger partial charge in [0.15, 0.2) is 5.78 Å². The number of ether oxygens (including phenoxy) is 2. The third-order valence-corrected chi connectivity index (χ3v) is 11.7. The molecule has 10 nitrogen and oxygen atoms in total. The molecular weight excluding hydrogens is 556 g/mol. The summed E-state index contributed by atoms with van der Waals surface area (Å²) in [5, 5.41) is 45.5. The van der Waals surface area contributed by atoms with E-state index in [0.717, 1.165) is 5.57 Å². The summed E-state index contributed by atoms with van der Waals surface area (Å²) in [7, 11) is 0. The second-order valence-electron chi connectivity index (χ2n) is 14.3. The number of Topliss-reactive ketones (excluding diaryl/α,β-unsaturated/α-hetero) is 1. The molecule has 4 rings (SSSR count). The molecule has 12 atom stereocenters. The summed E-state index contributed by atoms with van der Waals surface area (Å²) in [5.74, 6) is -5.96. The van der Waals surface area contributed by atoms with Gasteiger partial charge in [-0.2, -0.15) is 0 Å². The van der Waals surface area contributed by atoms with Crippen LogP contribution in [0.2, 0.25) is 0 Å². The van der Waals surface area contributed by atoms with Gasteiger partial charge in [0, 0.05) is 42.6 Å². The van der Waals surface area contributed by atoms with Gasteiger partial charge in [0.05, 0.1) is 12.2 Å². The Hall–Kier alpha value is -2.56. The van der Waals surface area contributed by atoms with Gasteiger partial charge < -0.3 is 29.9 Å². The molecule has 4 saturated carbocycles. The number of aliphatic carboxylic acids is 1. The number of ketones is 1. The zero-order chi connectivity index (χ0) is 32.4. The molecule has 1 unspecified atom stereocenters. The quantitative estimate of drug-likeness (QED) is 0.200. The molecule has 0 radical (unpaired) electrons. The smallest absolute Gasteiger partial charge is 0.331 e. The SMILES string of the molecule is CC(=O)O[C@@H]1[C@H]2[C@H](C)[C@H](O)CC[C@]2(C)C2C(=O)[C@H](O)[C@H]3/C(=C(\CCC=C(C)C)C(=O)O)[C@@H](OC(C)=O)C[C@]3(C)[C@@]2(C)[C@H]1O. The van der Waals surface area contributed by atoms with E-state index in [1.165, 1.54) is 13.8 Å². The standard InChI is InChI=1S/C33H48O10/c1-15(2)10-9-11-19(30(40)41)22-21(42-17(4)34)14-32(7)24(22)25(37)26(38)28-31(6)13-12-20(36)16(3)23(31)27(43-18(5)35)29(39)33(28,32)8/h10,16,20-21,23-25,27-29,36-37,39H,9,11-14H2,1-8H3,(H,40,41)/b22-19+/t16-,20-,21+,23-,24-,25-,27-,28?,29+,31+,32+,33-/m1/s1. The fourth-order valence-electron chi connectivity index (χ4n) is 9.89. The van der Waals surface area contributed by atoms with Crippen molar-refractivity contribution in [3.05, 3.63) is 22.8 Å². The predicted molar refractivity (Wildman–Crippen MR) is 155 cm³/mol.